The van der Waals surface area contributed by atoms with Crippen LogP contribution < -0.4 is 5.32 Å². The van der Waals surface area contributed by atoms with E-state index in [0.717, 1.165) is 29.7 Å². The second-order valence-corrected chi connectivity index (χ2v) is 4.21. The molecular formula is C9H15ClN2S. The monoisotopic (exact) mass is 218 g/mol. The van der Waals surface area contributed by atoms with E-state index in [2.05, 4.69) is 15.7 Å². The lowest BCUT2D eigenvalue weighted by Crippen LogP contribution is -2.00. The number of aromatic nitrogens is 1. The summed E-state index contributed by atoms with van der Waals surface area (Å²) in [6, 6.07) is 0. The molecule has 0 bridgehead atoms. The van der Waals surface area contributed by atoms with Crippen molar-refractivity contribution in [3.63, 3.8) is 0 Å². The van der Waals surface area contributed by atoms with Crippen molar-refractivity contribution in [3.05, 3.63) is 11.1 Å². The molecule has 13 heavy (non-hydrogen) atoms. The van der Waals surface area contributed by atoms with Crippen molar-refractivity contribution in [1.82, 2.24) is 4.98 Å². The number of aryl methyl sites for hydroxylation is 1. The van der Waals surface area contributed by atoms with Crippen molar-refractivity contribution in [2.24, 2.45) is 0 Å². The Kier molecular flexibility index (Phi) is 5.16. The van der Waals surface area contributed by atoms with E-state index >= 15 is 0 Å². The third-order valence-corrected chi connectivity index (χ3v) is 2.89. The molecule has 0 unspecified atom stereocenters. The highest BCUT2D eigenvalue weighted by molar-refractivity contribution is 7.13. The normalized spacial score (nSPS) is 10.3. The van der Waals surface area contributed by atoms with E-state index in [4.69, 9.17) is 11.6 Å². The molecule has 1 rings (SSSR count). The fourth-order valence-electron chi connectivity index (χ4n) is 1.03. The molecule has 0 aliphatic heterocycles. The molecule has 1 N–H and O–H groups in total. The summed E-state index contributed by atoms with van der Waals surface area (Å²) in [5.41, 5.74) is 1.09. The number of rotatable bonds is 6. The molecule has 1 heterocycles. The van der Waals surface area contributed by atoms with Gasteiger partial charge in [-0.3, -0.25) is 0 Å². The van der Waals surface area contributed by atoms with Gasteiger partial charge in [0.2, 0.25) is 0 Å². The van der Waals surface area contributed by atoms with Crippen molar-refractivity contribution in [2.75, 3.05) is 17.7 Å². The minimum atomic E-state index is 0.774. The highest BCUT2D eigenvalue weighted by Crippen LogP contribution is 2.14. The second-order valence-electron chi connectivity index (χ2n) is 2.97. The van der Waals surface area contributed by atoms with Gasteiger partial charge >= 0.3 is 0 Å². The molecule has 2 nitrogen and oxygen atoms in total. The number of hydrogen-bond donors (Lipinski definition) is 1. The Morgan fingerprint density at radius 2 is 2.31 bits per heavy atom. The van der Waals surface area contributed by atoms with E-state index in [1.807, 2.05) is 6.92 Å². The van der Waals surface area contributed by atoms with Gasteiger partial charge in [0.15, 0.2) is 5.13 Å². The lowest BCUT2D eigenvalue weighted by Gasteiger charge is -2.00. The van der Waals surface area contributed by atoms with Gasteiger partial charge in [-0.15, -0.1) is 22.9 Å². The van der Waals surface area contributed by atoms with Gasteiger partial charge < -0.3 is 5.32 Å². The van der Waals surface area contributed by atoms with Gasteiger partial charge in [-0.1, -0.05) is 6.42 Å². The van der Waals surface area contributed by atoms with Gasteiger partial charge in [-0.05, 0) is 19.8 Å². The van der Waals surface area contributed by atoms with E-state index in [9.17, 15) is 0 Å². The first kappa shape index (κ1) is 10.8. The van der Waals surface area contributed by atoms with Gasteiger partial charge in [-0.2, -0.15) is 0 Å². The number of unbranched alkanes of at least 4 members (excludes halogenated alkanes) is 2. The van der Waals surface area contributed by atoms with Crippen LogP contribution >= 0.6 is 22.9 Å². The molecular weight excluding hydrogens is 204 g/mol. The molecule has 0 fully saturated rings. The van der Waals surface area contributed by atoms with Crippen LogP contribution in [0.1, 0.15) is 25.0 Å². The summed E-state index contributed by atoms with van der Waals surface area (Å²) in [6.45, 7) is 3.01. The number of halogens is 1. The zero-order chi connectivity index (χ0) is 9.52. The fraction of sp³-hybridized carbons (Fsp3) is 0.667. The summed E-state index contributed by atoms with van der Waals surface area (Å²) in [6.07, 6.45) is 3.48. The van der Waals surface area contributed by atoms with Crippen LogP contribution in [0.4, 0.5) is 5.13 Å². The second kappa shape index (κ2) is 6.22. The van der Waals surface area contributed by atoms with Gasteiger partial charge in [0.05, 0.1) is 5.69 Å². The van der Waals surface area contributed by atoms with E-state index in [1.54, 1.807) is 11.3 Å². The van der Waals surface area contributed by atoms with Gasteiger partial charge in [0.25, 0.3) is 0 Å². The third kappa shape index (κ3) is 4.48. The Labute approximate surface area is 88.3 Å². The average Bonchev–Trinajstić information content (AvgIpc) is 2.51. The zero-order valence-corrected chi connectivity index (χ0v) is 9.42. The number of nitrogens with zero attached hydrogens (tertiary/aromatic N) is 1. The van der Waals surface area contributed by atoms with Crippen LogP contribution in [0.15, 0.2) is 5.38 Å². The molecule has 0 saturated carbocycles. The Balaban J connectivity index is 2.06. The molecule has 0 aliphatic carbocycles. The van der Waals surface area contributed by atoms with Crippen LogP contribution in [0.2, 0.25) is 0 Å². The van der Waals surface area contributed by atoms with Gasteiger partial charge in [-0.25, -0.2) is 4.98 Å². The molecule has 0 saturated heterocycles. The first-order chi connectivity index (χ1) is 6.33. The molecule has 0 spiro atoms. The smallest absolute Gasteiger partial charge is 0.182 e. The van der Waals surface area contributed by atoms with Gasteiger partial charge in [0.1, 0.15) is 0 Å². The maximum atomic E-state index is 5.57. The first-order valence-corrected chi connectivity index (χ1v) is 5.96. The predicted molar refractivity (Wildman–Crippen MR) is 59.9 cm³/mol. The lowest BCUT2D eigenvalue weighted by atomic mass is 10.2. The number of thiazole rings is 1. The van der Waals surface area contributed by atoms with Crippen molar-refractivity contribution < 1.29 is 0 Å². The standard InChI is InChI=1S/C9H15ClN2S/c1-8-7-13-9(12-8)11-6-4-2-3-5-10/h7H,2-6H2,1H3,(H,11,12). The lowest BCUT2D eigenvalue weighted by molar-refractivity contribution is 0.747. The molecule has 1 aromatic heterocycles. The summed E-state index contributed by atoms with van der Waals surface area (Å²) in [7, 11) is 0. The molecule has 0 aliphatic rings. The van der Waals surface area contributed by atoms with Crippen molar-refractivity contribution >= 4 is 28.1 Å². The number of nitrogens with one attached hydrogen (secondary N) is 1. The van der Waals surface area contributed by atoms with Crippen LogP contribution in [0.25, 0.3) is 0 Å². The van der Waals surface area contributed by atoms with Gasteiger partial charge in [0, 0.05) is 17.8 Å². The topological polar surface area (TPSA) is 24.9 Å². The zero-order valence-electron chi connectivity index (χ0n) is 7.85. The molecule has 0 radical (unpaired) electrons. The van der Waals surface area contributed by atoms with Crippen LogP contribution in [0.3, 0.4) is 0 Å². The van der Waals surface area contributed by atoms with Crippen LogP contribution in [-0.2, 0) is 0 Å². The Hall–Kier alpha value is -0.280. The molecule has 0 amide bonds. The quantitative estimate of drug-likeness (QED) is 0.586. The summed E-state index contributed by atoms with van der Waals surface area (Å²) in [5, 5.41) is 6.38. The van der Waals surface area contributed by atoms with Crippen molar-refractivity contribution in [2.45, 2.75) is 26.2 Å². The van der Waals surface area contributed by atoms with Crippen molar-refractivity contribution in [1.29, 1.82) is 0 Å². The predicted octanol–water partition coefficient (Wildman–Crippen LogP) is 3.27. The molecule has 0 atom stereocenters. The van der Waals surface area contributed by atoms with Crippen LogP contribution in [-0.4, -0.2) is 17.4 Å². The summed E-state index contributed by atoms with van der Waals surface area (Å²) in [4.78, 5) is 4.31. The fourth-order valence-corrected chi connectivity index (χ4v) is 1.93. The molecule has 4 heteroatoms. The average molecular weight is 219 g/mol. The summed E-state index contributed by atoms with van der Waals surface area (Å²) < 4.78 is 0. The number of anilines is 1. The van der Waals surface area contributed by atoms with E-state index in [0.29, 0.717) is 0 Å². The first-order valence-electron chi connectivity index (χ1n) is 4.55. The van der Waals surface area contributed by atoms with E-state index in [1.165, 1.54) is 12.8 Å². The Bertz CT molecular complexity index is 237. The van der Waals surface area contributed by atoms with Crippen molar-refractivity contribution in [3.8, 4) is 0 Å². The maximum absolute atomic E-state index is 5.57. The Morgan fingerprint density at radius 1 is 1.46 bits per heavy atom. The summed E-state index contributed by atoms with van der Waals surface area (Å²) >= 11 is 7.24. The summed E-state index contributed by atoms with van der Waals surface area (Å²) in [5.74, 6) is 0.774. The largest absolute Gasteiger partial charge is 0.362 e. The highest BCUT2D eigenvalue weighted by atomic mass is 35.5. The molecule has 1 aromatic rings. The minimum Gasteiger partial charge on any atom is -0.362 e. The van der Waals surface area contributed by atoms with E-state index in [-0.39, 0.29) is 0 Å². The Morgan fingerprint density at radius 3 is 2.92 bits per heavy atom. The highest BCUT2D eigenvalue weighted by Gasteiger charge is 1.95. The SMILES string of the molecule is Cc1csc(NCCCCCCl)n1. The number of hydrogen-bond acceptors (Lipinski definition) is 3. The van der Waals surface area contributed by atoms with Crippen LogP contribution in [0.5, 0.6) is 0 Å². The number of alkyl halides is 1. The van der Waals surface area contributed by atoms with E-state index < -0.39 is 0 Å². The minimum absolute atomic E-state index is 0.774. The third-order valence-electron chi connectivity index (χ3n) is 1.71. The molecule has 0 aromatic carbocycles. The maximum Gasteiger partial charge on any atom is 0.182 e. The van der Waals surface area contributed by atoms with Crippen LogP contribution in [0, 0.1) is 6.92 Å². The molecule has 74 valence electrons.